The summed E-state index contributed by atoms with van der Waals surface area (Å²) in [6, 6.07) is 20.4. The van der Waals surface area contributed by atoms with E-state index in [2.05, 4.69) is 16.4 Å². The number of nitrogens with zero attached hydrogens (tertiary/aromatic N) is 6. The molecule has 0 saturated heterocycles. The average Bonchev–Trinajstić information content (AvgIpc) is 3.61. The fraction of sp³-hybridized carbons (Fsp3) is 0.258. The zero-order valence-corrected chi connectivity index (χ0v) is 24.0. The number of nitrogens with two attached hydrogens (primary N) is 2. The van der Waals surface area contributed by atoms with Gasteiger partial charge in [-0.1, -0.05) is 65.9 Å². The minimum absolute atomic E-state index is 0.0365. The van der Waals surface area contributed by atoms with E-state index >= 15 is 0 Å². The van der Waals surface area contributed by atoms with Crippen molar-refractivity contribution < 1.29 is 9.59 Å². The fourth-order valence-electron chi connectivity index (χ4n) is 5.04. The van der Waals surface area contributed by atoms with Crippen molar-refractivity contribution in [2.75, 3.05) is 18.0 Å². The lowest BCUT2D eigenvalue weighted by Crippen LogP contribution is -2.34. The molecule has 0 atom stereocenters. The quantitative estimate of drug-likeness (QED) is 0.145. The molecule has 1 aliphatic carbocycles. The Hall–Kier alpha value is -4.79. The van der Waals surface area contributed by atoms with Crippen LogP contribution in [-0.2, 0) is 25.9 Å². The maximum atomic E-state index is 12.7. The number of nitriles is 1. The molecule has 42 heavy (non-hydrogen) atoms. The van der Waals surface area contributed by atoms with E-state index in [0.717, 1.165) is 36.2 Å². The van der Waals surface area contributed by atoms with Gasteiger partial charge in [0.2, 0.25) is 0 Å². The van der Waals surface area contributed by atoms with Crippen LogP contribution in [0.2, 0.25) is 0 Å². The van der Waals surface area contributed by atoms with E-state index in [-0.39, 0.29) is 31.2 Å². The van der Waals surface area contributed by atoms with Crippen LogP contribution in [0.15, 0.2) is 78.8 Å². The molecule has 4 aromatic rings. The van der Waals surface area contributed by atoms with Gasteiger partial charge in [-0.15, -0.1) is 16.4 Å². The van der Waals surface area contributed by atoms with Crippen molar-refractivity contribution in [3.63, 3.8) is 0 Å². The summed E-state index contributed by atoms with van der Waals surface area (Å²) in [6.45, 7) is 0.589. The van der Waals surface area contributed by atoms with Gasteiger partial charge in [0.15, 0.2) is 11.6 Å². The second-order valence-corrected chi connectivity index (χ2v) is 11.3. The molecule has 0 amide bonds. The molecular weight excluding hydrogens is 548 g/mol. The first-order valence-electron chi connectivity index (χ1n) is 13.7. The van der Waals surface area contributed by atoms with E-state index in [4.69, 9.17) is 11.6 Å². The van der Waals surface area contributed by atoms with Gasteiger partial charge in [-0.3, -0.25) is 9.59 Å². The van der Waals surface area contributed by atoms with Gasteiger partial charge in [0.25, 0.3) is 0 Å². The second-order valence-electron chi connectivity index (χ2n) is 10.2. The van der Waals surface area contributed by atoms with Crippen LogP contribution in [0, 0.1) is 11.3 Å². The van der Waals surface area contributed by atoms with Gasteiger partial charge in [0.1, 0.15) is 23.3 Å². The first-order valence-corrected chi connectivity index (χ1v) is 14.6. The summed E-state index contributed by atoms with van der Waals surface area (Å²) in [6.07, 6.45) is 7.26. The molecule has 0 spiro atoms. The Morgan fingerprint density at radius 1 is 1.00 bits per heavy atom. The number of fused-ring (bicyclic) bond motifs is 1. The largest absolute Gasteiger partial charge is 0.399 e. The summed E-state index contributed by atoms with van der Waals surface area (Å²) in [5, 5.41) is 20.7. The molecule has 0 fully saturated rings. The van der Waals surface area contributed by atoms with Gasteiger partial charge >= 0.3 is 0 Å². The molecule has 11 heteroatoms. The summed E-state index contributed by atoms with van der Waals surface area (Å²) in [7, 11) is 0. The number of rotatable bonds is 12. The van der Waals surface area contributed by atoms with Gasteiger partial charge < -0.3 is 15.6 Å². The van der Waals surface area contributed by atoms with Crippen molar-refractivity contribution in [1.29, 1.82) is 5.26 Å². The number of carbonyl (C=O) groups excluding carboxylic acids is 2. The number of aryl methyl sites for hydroxylation is 1. The van der Waals surface area contributed by atoms with Crippen LogP contribution in [0.5, 0.6) is 0 Å². The highest BCUT2D eigenvalue weighted by Gasteiger charge is 2.25. The van der Waals surface area contributed by atoms with E-state index in [9.17, 15) is 14.9 Å². The smallest absolute Gasteiger partial charge is 0.184 e. The standard InChI is InChI=1S/C31H32N8O2S/c32-15-27-26-13-7-8-14-30(26)42-31(27)37(16-24(33)17-38(34)20-28(40)22-9-3-1-4-10-22)18-25-19-39(36-35-25)21-29(41)23-11-5-2-6-12-23/h1-6,9-12,17,19H,7-8,13-14,16,18,20-21,33-34H2/b24-17-. The molecule has 0 bridgehead atoms. The van der Waals surface area contributed by atoms with E-state index in [1.54, 1.807) is 60.1 Å². The lowest BCUT2D eigenvalue weighted by Gasteiger charge is -2.24. The molecule has 5 rings (SSSR count). The predicted molar refractivity (Wildman–Crippen MR) is 161 cm³/mol. The summed E-state index contributed by atoms with van der Waals surface area (Å²) < 4.78 is 1.52. The normalized spacial score (nSPS) is 12.8. The highest BCUT2D eigenvalue weighted by atomic mass is 32.1. The topological polar surface area (TPSA) is 147 Å². The number of hydrazine groups is 1. The first kappa shape index (κ1) is 28.7. The van der Waals surface area contributed by atoms with Crippen molar-refractivity contribution in [2.24, 2.45) is 11.6 Å². The van der Waals surface area contributed by atoms with Gasteiger partial charge in [-0.05, 0) is 31.2 Å². The Balaban J connectivity index is 1.35. The predicted octanol–water partition coefficient (Wildman–Crippen LogP) is 3.84. The number of hydrogen-bond acceptors (Lipinski definition) is 10. The number of thiophene rings is 1. The highest BCUT2D eigenvalue weighted by molar-refractivity contribution is 7.16. The molecule has 4 N–H and O–H groups in total. The van der Waals surface area contributed by atoms with Crippen LogP contribution >= 0.6 is 11.3 Å². The summed E-state index contributed by atoms with van der Waals surface area (Å²) >= 11 is 1.61. The molecule has 0 unspecified atom stereocenters. The zero-order chi connectivity index (χ0) is 29.5. The third-order valence-corrected chi connectivity index (χ3v) is 8.37. The number of ketones is 2. The monoisotopic (exact) mass is 580 g/mol. The molecule has 0 saturated carbocycles. The summed E-state index contributed by atoms with van der Waals surface area (Å²) in [4.78, 5) is 28.5. The van der Waals surface area contributed by atoms with Gasteiger partial charge in [-0.25, -0.2) is 10.5 Å². The third-order valence-electron chi connectivity index (χ3n) is 7.02. The van der Waals surface area contributed by atoms with E-state index in [0.29, 0.717) is 34.6 Å². The van der Waals surface area contributed by atoms with Crippen LogP contribution in [0.1, 0.15) is 55.3 Å². The molecule has 2 aromatic carbocycles. The summed E-state index contributed by atoms with van der Waals surface area (Å²) in [5.74, 6) is 5.95. The Morgan fingerprint density at radius 2 is 1.67 bits per heavy atom. The van der Waals surface area contributed by atoms with Crippen molar-refractivity contribution >= 4 is 27.9 Å². The van der Waals surface area contributed by atoms with E-state index < -0.39 is 0 Å². The van der Waals surface area contributed by atoms with E-state index in [1.807, 2.05) is 29.2 Å². The number of hydrogen-bond donors (Lipinski definition) is 2. The zero-order valence-electron chi connectivity index (χ0n) is 23.1. The molecule has 2 aromatic heterocycles. The Labute approximate surface area is 248 Å². The fourth-order valence-corrected chi connectivity index (χ4v) is 6.37. The minimum atomic E-state index is -0.127. The minimum Gasteiger partial charge on any atom is -0.399 e. The average molecular weight is 581 g/mol. The Bertz CT molecular complexity index is 1620. The molecule has 1 aliphatic rings. The maximum absolute atomic E-state index is 12.7. The van der Waals surface area contributed by atoms with Crippen molar-refractivity contribution in [2.45, 2.75) is 38.8 Å². The number of aromatic nitrogens is 3. The van der Waals surface area contributed by atoms with Gasteiger partial charge in [0.05, 0.1) is 31.4 Å². The van der Waals surface area contributed by atoms with Crippen molar-refractivity contribution in [3.8, 4) is 6.07 Å². The number of carbonyl (C=O) groups is 2. The van der Waals surface area contributed by atoms with Crippen LogP contribution < -0.4 is 16.5 Å². The number of Topliss-reactive ketones (excluding diaryl/α,β-unsaturated/α-hetero) is 2. The lowest BCUT2D eigenvalue weighted by atomic mass is 9.96. The first-order chi connectivity index (χ1) is 20.4. The molecule has 10 nitrogen and oxygen atoms in total. The van der Waals surface area contributed by atoms with Crippen LogP contribution in [0.3, 0.4) is 0 Å². The molecule has 2 heterocycles. The molecular formula is C31H32N8O2S. The van der Waals surface area contributed by atoms with Crippen LogP contribution in [-0.4, -0.2) is 44.7 Å². The van der Waals surface area contributed by atoms with Gasteiger partial charge in [0, 0.05) is 27.9 Å². The third kappa shape index (κ3) is 6.91. The van der Waals surface area contributed by atoms with Crippen LogP contribution in [0.4, 0.5) is 5.00 Å². The van der Waals surface area contributed by atoms with E-state index in [1.165, 1.54) is 14.6 Å². The molecule has 0 aliphatic heterocycles. The Morgan fingerprint density at radius 3 is 2.36 bits per heavy atom. The number of benzene rings is 2. The SMILES string of the molecule is N#Cc1c(N(C/C(N)=C/N(N)CC(=O)c2ccccc2)Cc2cn(CC(=O)c3ccccc3)nn2)sc2c1CCCC2. The highest BCUT2D eigenvalue weighted by Crippen LogP contribution is 2.40. The molecule has 0 radical (unpaired) electrons. The Kier molecular flexibility index (Phi) is 9.06. The van der Waals surface area contributed by atoms with Crippen LogP contribution in [0.25, 0.3) is 0 Å². The lowest BCUT2D eigenvalue weighted by molar-refractivity contribution is 0.0951. The second kappa shape index (κ2) is 13.2. The van der Waals surface area contributed by atoms with Crippen molar-refractivity contribution in [3.05, 3.63) is 112 Å². The summed E-state index contributed by atoms with van der Waals surface area (Å²) in [5.41, 5.74) is 10.4. The maximum Gasteiger partial charge on any atom is 0.184 e. The number of anilines is 1. The van der Waals surface area contributed by atoms with Crippen molar-refractivity contribution in [1.82, 2.24) is 20.0 Å². The molecule has 214 valence electrons. The van der Waals surface area contributed by atoms with Gasteiger partial charge in [-0.2, -0.15) is 5.26 Å².